The normalized spacial score (nSPS) is 21.6. The molecule has 0 aliphatic carbocycles. The number of piperazine rings is 1. The fourth-order valence-corrected chi connectivity index (χ4v) is 3.73. The highest BCUT2D eigenvalue weighted by Gasteiger charge is 2.32. The molecule has 2 aliphatic rings. The number of carbonyl (C=O) groups is 1. The molecule has 2 N–H and O–H groups in total. The lowest BCUT2D eigenvalue weighted by molar-refractivity contribution is 0.0774. The average molecular weight is 343 g/mol. The maximum atomic E-state index is 13.1. The first-order valence-electron chi connectivity index (χ1n) is 8.76. The Hall–Kier alpha value is -2.25. The third-order valence-electron chi connectivity index (χ3n) is 5.12. The second-order valence-electron chi connectivity index (χ2n) is 6.65. The summed E-state index contributed by atoms with van der Waals surface area (Å²) in [6.07, 6.45) is 2.58. The van der Waals surface area contributed by atoms with Gasteiger partial charge in [-0.05, 0) is 30.7 Å². The molecule has 4 rings (SSSR count). The lowest BCUT2D eigenvalue weighted by Gasteiger charge is -2.32. The van der Waals surface area contributed by atoms with Gasteiger partial charge in [-0.1, -0.05) is 0 Å². The summed E-state index contributed by atoms with van der Waals surface area (Å²) in [7, 11) is 0. The van der Waals surface area contributed by atoms with E-state index in [1.54, 1.807) is 18.3 Å². The fourth-order valence-electron chi connectivity index (χ4n) is 3.73. The molecule has 1 unspecified atom stereocenters. The summed E-state index contributed by atoms with van der Waals surface area (Å²) in [6, 6.07) is 6.54. The Kier molecular flexibility index (Phi) is 4.50. The maximum absolute atomic E-state index is 13.1. The van der Waals surface area contributed by atoms with Gasteiger partial charge in [0.05, 0.1) is 17.5 Å². The summed E-state index contributed by atoms with van der Waals surface area (Å²) in [5, 5.41) is 10.3. The Bertz CT molecular complexity index is 738. The minimum Gasteiger partial charge on any atom is -0.337 e. The topological polar surface area (TPSA) is 64.3 Å². The minimum atomic E-state index is -0.297. The Morgan fingerprint density at radius 3 is 2.68 bits per heavy atom. The van der Waals surface area contributed by atoms with Gasteiger partial charge < -0.3 is 10.2 Å². The van der Waals surface area contributed by atoms with E-state index in [1.807, 2.05) is 4.90 Å². The number of aromatic amines is 1. The number of nitrogens with zero attached hydrogens (tertiary/aromatic N) is 3. The molecule has 1 amide bonds. The lowest BCUT2D eigenvalue weighted by Crippen LogP contribution is -2.49. The van der Waals surface area contributed by atoms with Gasteiger partial charge in [-0.3, -0.25) is 14.8 Å². The number of hydrogen-bond acceptors (Lipinski definition) is 4. The van der Waals surface area contributed by atoms with Gasteiger partial charge in [-0.25, -0.2) is 4.39 Å². The predicted molar refractivity (Wildman–Crippen MR) is 92.7 cm³/mol. The Morgan fingerprint density at radius 2 is 1.92 bits per heavy atom. The zero-order valence-corrected chi connectivity index (χ0v) is 14.0. The highest BCUT2D eigenvalue weighted by Crippen LogP contribution is 2.25. The molecule has 2 aromatic rings. The third kappa shape index (κ3) is 3.29. The van der Waals surface area contributed by atoms with Crippen molar-refractivity contribution in [3.05, 3.63) is 41.8 Å². The molecule has 6 nitrogen and oxygen atoms in total. The van der Waals surface area contributed by atoms with Crippen LogP contribution in [0.2, 0.25) is 0 Å². The number of aromatic nitrogens is 2. The standard InChI is InChI=1S/C18H22FN5O/c19-14-3-1-13(2-4-14)17-16(11-21-22-17)18(25)24-8-5-15(12-24)23-9-6-20-7-10-23/h1-4,11,15,20H,5-10,12H2,(H,21,22). The van der Waals surface area contributed by atoms with Crippen LogP contribution in [0.5, 0.6) is 0 Å². The first-order valence-corrected chi connectivity index (χ1v) is 8.76. The minimum absolute atomic E-state index is 0.00860. The molecule has 0 radical (unpaired) electrons. The zero-order chi connectivity index (χ0) is 17.2. The van der Waals surface area contributed by atoms with E-state index in [0.29, 0.717) is 17.3 Å². The van der Waals surface area contributed by atoms with Crippen molar-refractivity contribution in [2.45, 2.75) is 12.5 Å². The summed E-state index contributed by atoms with van der Waals surface area (Å²) < 4.78 is 13.1. The number of H-pyrrole nitrogens is 1. The molecular formula is C18H22FN5O. The summed E-state index contributed by atoms with van der Waals surface area (Å²) in [5.74, 6) is -0.305. The molecular weight excluding hydrogens is 321 g/mol. The number of hydrogen-bond donors (Lipinski definition) is 2. The number of amides is 1. The number of nitrogens with one attached hydrogen (secondary N) is 2. The second kappa shape index (κ2) is 6.93. The van der Waals surface area contributed by atoms with Crippen molar-refractivity contribution in [1.82, 2.24) is 25.3 Å². The lowest BCUT2D eigenvalue weighted by atomic mass is 10.1. The fraction of sp³-hybridized carbons (Fsp3) is 0.444. The van der Waals surface area contributed by atoms with Crippen molar-refractivity contribution in [3.8, 4) is 11.3 Å². The van der Waals surface area contributed by atoms with E-state index in [-0.39, 0.29) is 11.7 Å². The Labute approximate surface area is 146 Å². The van der Waals surface area contributed by atoms with Gasteiger partial charge in [-0.15, -0.1) is 0 Å². The molecule has 1 aromatic carbocycles. The number of carbonyl (C=O) groups excluding carboxylic acids is 1. The molecule has 1 atom stereocenters. The van der Waals surface area contributed by atoms with Crippen LogP contribution in [-0.4, -0.2) is 71.2 Å². The second-order valence-corrected chi connectivity index (χ2v) is 6.65. The van der Waals surface area contributed by atoms with Crippen LogP contribution in [0.25, 0.3) is 11.3 Å². The van der Waals surface area contributed by atoms with Crippen molar-refractivity contribution in [1.29, 1.82) is 0 Å². The molecule has 1 aromatic heterocycles. The molecule has 0 saturated carbocycles. The van der Waals surface area contributed by atoms with Gasteiger partial charge >= 0.3 is 0 Å². The van der Waals surface area contributed by atoms with Crippen LogP contribution in [-0.2, 0) is 0 Å². The van der Waals surface area contributed by atoms with Crippen LogP contribution in [0.4, 0.5) is 4.39 Å². The SMILES string of the molecule is O=C(c1cn[nH]c1-c1ccc(F)cc1)N1CCC(N2CCNCC2)C1. The van der Waals surface area contributed by atoms with E-state index < -0.39 is 0 Å². The van der Waals surface area contributed by atoms with Gasteiger partial charge in [0, 0.05) is 50.9 Å². The largest absolute Gasteiger partial charge is 0.337 e. The van der Waals surface area contributed by atoms with Crippen LogP contribution in [0.1, 0.15) is 16.8 Å². The third-order valence-corrected chi connectivity index (χ3v) is 5.12. The van der Waals surface area contributed by atoms with Crippen molar-refractivity contribution >= 4 is 5.91 Å². The Morgan fingerprint density at radius 1 is 1.16 bits per heavy atom. The van der Waals surface area contributed by atoms with Crippen molar-refractivity contribution in [3.63, 3.8) is 0 Å². The van der Waals surface area contributed by atoms with Crippen molar-refractivity contribution in [2.75, 3.05) is 39.3 Å². The summed E-state index contributed by atoms with van der Waals surface area (Å²) in [5.41, 5.74) is 1.96. The highest BCUT2D eigenvalue weighted by atomic mass is 19.1. The number of halogens is 1. The smallest absolute Gasteiger partial charge is 0.257 e. The van der Waals surface area contributed by atoms with Gasteiger partial charge in [0.2, 0.25) is 0 Å². The van der Waals surface area contributed by atoms with E-state index in [1.165, 1.54) is 12.1 Å². The first-order chi connectivity index (χ1) is 12.2. The maximum Gasteiger partial charge on any atom is 0.257 e. The average Bonchev–Trinajstić information content (AvgIpc) is 3.32. The molecule has 3 heterocycles. The molecule has 2 fully saturated rings. The predicted octanol–water partition coefficient (Wildman–Crippen LogP) is 1.34. The van der Waals surface area contributed by atoms with Crippen LogP contribution < -0.4 is 5.32 Å². The van der Waals surface area contributed by atoms with Crippen LogP contribution >= 0.6 is 0 Å². The van der Waals surface area contributed by atoms with E-state index in [0.717, 1.165) is 51.3 Å². The van der Waals surface area contributed by atoms with Crippen LogP contribution in [0.3, 0.4) is 0 Å². The highest BCUT2D eigenvalue weighted by molar-refractivity contribution is 5.99. The quantitative estimate of drug-likeness (QED) is 0.883. The van der Waals surface area contributed by atoms with Gasteiger partial charge in [0.1, 0.15) is 5.82 Å². The summed E-state index contributed by atoms with van der Waals surface area (Å²) in [6.45, 7) is 5.63. The van der Waals surface area contributed by atoms with Gasteiger partial charge in [-0.2, -0.15) is 5.10 Å². The molecule has 7 heteroatoms. The van der Waals surface area contributed by atoms with Gasteiger partial charge in [0.25, 0.3) is 5.91 Å². The molecule has 2 saturated heterocycles. The Balaban J connectivity index is 1.49. The van der Waals surface area contributed by atoms with Crippen molar-refractivity contribution < 1.29 is 9.18 Å². The van der Waals surface area contributed by atoms with E-state index >= 15 is 0 Å². The number of rotatable bonds is 3. The summed E-state index contributed by atoms with van der Waals surface area (Å²) >= 11 is 0. The van der Waals surface area contributed by atoms with E-state index in [9.17, 15) is 9.18 Å². The zero-order valence-electron chi connectivity index (χ0n) is 14.0. The molecule has 0 spiro atoms. The molecule has 132 valence electrons. The molecule has 25 heavy (non-hydrogen) atoms. The number of benzene rings is 1. The molecule has 0 bridgehead atoms. The van der Waals surface area contributed by atoms with Crippen LogP contribution in [0, 0.1) is 5.82 Å². The van der Waals surface area contributed by atoms with Gasteiger partial charge in [0.15, 0.2) is 0 Å². The van der Waals surface area contributed by atoms with Crippen molar-refractivity contribution in [2.24, 2.45) is 0 Å². The van der Waals surface area contributed by atoms with Crippen LogP contribution in [0.15, 0.2) is 30.5 Å². The molecule has 2 aliphatic heterocycles. The van der Waals surface area contributed by atoms with E-state index in [2.05, 4.69) is 20.4 Å². The van der Waals surface area contributed by atoms with E-state index in [4.69, 9.17) is 0 Å². The monoisotopic (exact) mass is 343 g/mol. The first kappa shape index (κ1) is 16.2. The summed E-state index contributed by atoms with van der Waals surface area (Å²) in [4.78, 5) is 17.3. The number of likely N-dealkylation sites (tertiary alicyclic amines) is 1.